The minimum atomic E-state index is -4.52. The normalized spacial score (nSPS) is 11.6. The van der Waals surface area contributed by atoms with Crippen molar-refractivity contribution in [1.82, 2.24) is 0 Å². The summed E-state index contributed by atoms with van der Waals surface area (Å²) in [5, 5.41) is -0.277. The summed E-state index contributed by atoms with van der Waals surface area (Å²) >= 11 is 13.7. The van der Waals surface area contributed by atoms with Crippen LogP contribution in [0.4, 0.5) is 13.2 Å². The Morgan fingerprint density at radius 1 is 1.38 bits per heavy atom. The first-order valence-electron chi connectivity index (χ1n) is 3.93. The standard InChI is InChI=1S/C9H4BrCl2F3O/c10-7-5(9(13,14)15)2-1-4(8(7)12)6(16)3-11/h1-2H,3H2. The molecule has 1 aromatic carbocycles. The van der Waals surface area contributed by atoms with Crippen LogP contribution in [-0.2, 0) is 6.18 Å². The predicted octanol–water partition coefficient (Wildman–Crippen LogP) is 4.54. The number of rotatable bonds is 2. The fourth-order valence-corrected chi connectivity index (χ4v) is 2.04. The SMILES string of the molecule is O=C(CCl)c1ccc(C(F)(F)F)c(Br)c1Cl. The van der Waals surface area contributed by atoms with Crippen molar-refractivity contribution in [2.45, 2.75) is 6.18 Å². The molecule has 0 aliphatic rings. The van der Waals surface area contributed by atoms with Crippen molar-refractivity contribution in [3.05, 3.63) is 32.8 Å². The van der Waals surface area contributed by atoms with Gasteiger partial charge in [-0.05, 0) is 28.1 Å². The maximum absolute atomic E-state index is 12.4. The minimum absolute atomic E-state index is 0.0310. The monoisotopic (exact) mass is 334 g/mol. The van der Waals surface area contributed by atoms with Crippen molar-refractivity contribution >= 4 is 44.9 Å². The van der Waals surface area contributed by atoms with Gasteiger partial charge in [-0.3, -0.25) is 4.79 Å². The Bertz CT molecular complexity index is 431. The van der Waals surface area contributed by atoms with Gasteiger partial charge < -0.3 is 0 Å². The molecule has 88 valence electrons. The number of Topliss-reactive ketones (excluding diaryl/α,β-unsaturated/α-hetero) is 1. The molecule has 0 bridgehead atoms. The van der Waals surface area contributed by atoms with Crippen LogP contribution in [0.5, 0.6) is 0 Å². The molecule has 0 spiro atoms. The second-order valence-electron chi connectivity index (χ2n) is 2.84. The highest BCUT2D eigenvalue weighted by Gasteiger charge is 2.34. The van der Waals surface area contributed by atoms with Crippen molar-refractivity contribution < 1.29 is 18.0 Å². The summed E-state index contributed by atoms with van der Waals surface area (Å²) in [6.07, 6.45) is -4.52. The van der Waals surface area contributed by atoms with Crippen molar-refractivity contribution in [3.8, 4) is 0 Å². The molecule has 0 N–H and O–H groups in total. The van der Waals surface area contributed by atoms with Crippen LogP contribution in [0, 0.1) is 0 Å². The third kappa shape index (κ3) is 2.70. The Labute approximate surface area is 108 Å². The minimum Gasteiger partial charge on any atom is -0.293 e. The first-order valence-corrected chi connectivity index (χ1v) is 5.64. The fourth-order valence-electron chi connectivity index (χ4n) is 1.06. The quantitative estimate of drug-likeness (QED) is 0.572. The zero-order valence-electron chi connectivity index (χ0n) is 7.54. The molecule has 0 heterocycles. The van der Waals surface area contributed by atoms with E-state index in [1.165, 1.54) is 0 Å². The maximum atomic E-state index is 12.4. The van der Waals surface area contributed by atoms with Gasteiger partial charge in [0.15, 0.2) is 5.78 Å². The molecule has 0 saturated carbocycles. The third-order valence-electron chi connectivity index (χ3n) is 1.81. The fraction of sp³-hybridized carbons (Fsp3) is 0.222. The van der Waals surface area contributed by atoms with Crippen LogP contribution in [0.15, 0.2) is 16.6 Å². The zero-order chi connectivity index (χ0) is 12.5. The summed E-state index contributed by atoms with van der Waals surface area (Å²) in [5.74, 6) is -0.863. The van der Waals surface area contributed by atoms with Gasteiger partial charge >= 0.3 is 6.18 Å². The highest BCUT2D eigenvalue weighted by atomic mass is 79.9. The first kappa shape index (κ1) is 13.8. The molecule has 0 radical (unpaired) electrons. The summed E-state index contributed by atoms with van der Waals surface area (Å²) < 4.78 is 37.0. The van der Waals surface area contributed by atoms with Gasteiger partial charge in [0.05, 0.1) is 16.5 Å². The number of halogens is 6. The lowest BCUT2D eigenvalue weighted by atomic mass is 10.1. The Balaban J connectivity index is 3.35. The van der Waals surface area contributed by atoms with Crippen LogP contribution >= 0.6 is 39.1 Å². The van der Waals surface area contributed by atoms with Gasteiger partial charge in [-0.15, -0.1) is 11.6 Å². The average Bonchev–Trinajstić information content (AvgIpc) is 2.19. The van der Waals surface area contributed by atoms with E-state index in [9.17, 15) is 18.0 Å². The van der Waals surface area contributed by atoms with E-state index in [4.69, 9.17) is 23.2 Å². The number of carbonyl (C=O) groups is 1. The number of hydrogen-bond donors (Lipinski definition) is 0. The molecule has 0 fully saturated rings. The summed E-state index contributed by atoms with van der Waals surface area (Å²) in [5.41, 5.74) is -0.958. The first-order chi connectivity index (χ1) is 7.29. The molecule has 16 heavy (non-hydrogen) atoms. The van der Waals surface area contributed by atoms with Gasteiger partial charge in [0, 0.05) is 10.0 Å². The number of carbonyl (C=O) groups excluding carboxylic acids is 1. The van der Waals surface area contributed by atoms with E-state index >= 15 is 0 Å². The van der Waals surface area contributed by atoms with Crippen molar-refractivity contribution in [2.75, 3.05) is 5.88 Å². The lowest BCUT2D eigenvalue weighted by Crippen LogP contribution is -2.09. The Morgan fingerprint density at radius 2 is 1.94 bits per heavy atom. The molecule has 1 nitrogen and oxygen atoms in total. The van der Waals surface area contributed by atoms with Gasteiger partial charge in [-0.2, -0.15) is 13.2 Å². The number of hydrogen-bond acceptors (Lipinski definition) is 1. The molecule has 0 aliphatic heterocycles. The third-order valence-corrected chi connectivity index (χ3v) is 3.50. The molecule has 1 rings (SSSR count). The molecule has 0 amide bonds. The Kier molecular flexibility index (Phi) is 4.26. The number of alkyl halides is 4. The summed E-state index contributed by atoms with van der Waals surface area (Å²) in [4.78, 5) is 11.2. The van der Waals surface area contributed by atoms with Gasteiger partial charge in [-0.25, -0.2) is 0 Å². The predicted molar refractivity (Wildman–Crippen MR) is 59.2 cm³/mol. The van der Waals surface area contributed by atoms with E-state index in [1.54, 1.807) is 0 Å². The van der Waals surface area contributed by atoms with Crippen molar-refractivity contribution in [3.63, 3.8) is 0 Å². The Morgan fingerprint density at radius 3 is 2.38 bits per heavy atom. The highest BCUT2D eigenvalue weighted by molar-refractivity contribution is 9.10. The van der Waals surface area contributed by atoms with Crippen LogP contribution < -0.4 is 0 Å². The zero-order valence-corrected chi connectivity index (χ0v) is 10.6. The molecule has 0 unspecified atom stereocenters. The summed E-state index contributed by atoms with van der Waals surface area (Å²) in [7, 11) is 0. The van der Waals surface area contributed by atoms with Crippen LogP contribution in [0.3, 0.4) is 0 Å². The molecule has 0 atom stereocenters. The molecule has 0 aliphatic carbocycles. The van der Waals surface area contributed by atoms with E-state index in [0.717, 1.165) is 12.1 Å². The van der Waals surface area contributed by atoms with E-state index in [-0.39, 0.29) is 20.9 Å². The van der Waals surface area contributed by atoms with E-state index in [0.29, 0.717) is 0 Å². The average molecular weight is 336 g/mol. The second-order valence-corrected chi connectivity index (χ2v) is 4.28. The van der Waals surface area contributed by atoms with E-state index in [1.807, 2.05) is 0 Å². The van der Waals surface area contributed by atoms with Crippen molar-refractivity contribution in [2.24, 2.45) is 0 Å². The van der Waals surface area contributed by atoms with Gasteiger partial charge in [0.1, 0.15) is 0 Å². The van der Waals surface area contributed by atoms with E-state index in [2.05, 4.69) is 15.9 Å². The van der Waals surface area contributed by atoms with Crippen LogP contribution in [0.1, 0.15) is 15.9 Å². The maximum Gasteiger partial charge on any atom is 0.417 e. The molecule has 7 heteroatoms. The smallest absolute Gasteiger partial charge is 0.293 e. The van der Waals surface area contributed by atoms with E-state index < -0.39 is 17.5 Å². The molecule has 1 aromatic rings. The van der Waals surface area contributed by atoms with Gasteiger partial charge in [0.2, 0.25) is 0 Å². The van der Waals surface area contributed by atoms with Crippen LogP contribution in [-0.4, -0.2) is 11.7 Å². The Hall–Kier alpha value is -0.260. The van der Waals surface area contributed by atoms with Crippen LogP contribution in [0.25, 0.3) is 0 Å². The topological polar surface area (TPSA) is 17.1 Å². The molecular weight excluding hydrogens is 332 g/mol. The molecule has 0 aromatic heterocycles. The molecular formula is C9H4BrCl2F3O. The largest absolute Gasteiger partial charge is 0.417 e. The van der Waals surface area contributed by atoms with Gasteiger partial charge in [-0.1, -0.05) is 11.6 Å². The summed E-state index contributed by atoms with van der Waals surface area (Å²) in [6.45, 7) is 0. The summed E-state index contributed by atoms with van der Waals surface area (Å²) in [6, 6.07) is 1.80. The number of benzene rings is 1. The van der Waals surface area contributed by atoms with Gasteiger partial charge in [0.25, 0.3) is 0 Å². The highest BCUT2D eigenvalue weighted by Crippen LogP contribution is 2.39. The van der Waals surface area contributed by atoms with Crippen molar-refractivity contribution in [1.29, 1.82) is 0 Å². The lowest BCUT2D eigenvalue weighted by Gasteiger charge is -2.12. The lowest BCUT2D eigenvalue weighted by molar-refractivity contribution is -0.138. The van der Waals surface area contributed by atoms with Crippen LogP contribution in [0.2, 0.25) is 5.02 Å². The molecule has 0 saturated heterocycles. The number of ketones is 1. The second kappa shape index (κ2) is 4.94.